The number of nitrogens with two attached hydrogens (primary N) is 6. The van der Waals surface area contributed by atoms with Crippen molar-refractivity contribution in [1.29, 1.82) is 0 Å². The zero-order chi connectivity index (χ0) is 80.3. The molecule has 0 bridgehead atoms. The Morgan fingerprint density at radius 1 is 0.571 bits per heavy atom. The molecule has 12 amide bonds. The Balaban J connectivity index is 2.57. The summed E-state index contributed by atoms with van der Waals surface area (Å²) in [5.74, 6) is -18.4. The highest BCUT2D eigenvalue weighted by Crippen LogP contribution is 2.30. The fourth-order valence-electron chi connectivity index (χ4n) is 11.5. The second-order valence-corrected chi connectivity index (χ2v) is 27.8. The van der Waals surface area contributed by atoms with E-state index in [1.54, 1.807) is 20.8 Å². The number of esters is 1. The number of ether oxygens (including phenoxy) is 1. The molecule has 0 spiro atoms. The molecule has 1 fully saturated rings. The average Bonchev–Trinajstić information content (AvgIpc) is 1.71. The number of hydrogen-bond donors (Lipinski definition) is 20. The lowest BCUT2D eigenvalue weighted by Gasteiger charge is -2.34. The van der Waals surface area contributed by atoms with Crippen molar-refractivity contribution in [1.82, 2.24) is 52.3 Å². The van der Waals surface area contributed by atoms with Gasteiger partial charge in [-0.15, -0.1) is 0 Å². The summed E-state index contributed by atoms with van der Waals surface area (Å²) in [5, 5.41) is 85.5. The van der Waals surface area contributed by atoms with Gasteiger partial charge in [0.2, 0.25) is 65.0 Å². The van der Waals surface area contributed by atoms with Crippen LogP contribution in [0.4, 0.5) is 0 Å². The van der Waals surface area contributed by atoms with Gasteiger partial charge in [-0.3, -0.25) is 67.5 Å². The van der Waals surface area contributed by atoms with Crippen LogP contribution < -0.4 is 76.9 Å². The Morgan fingerprint density at radius 2 is 1.07 bits per heavy atom. The highest BCUT2D eigenvalue weighted by Gasteiger charge is 2.46. The van der Waals surface area contributed by atoms with Crippen LogP contribution in [0.25, 0.3) is 0 Å². The first-order valence-corrected chi connectivity index (χ1v) is 34.8. The summed E-state index contributed by atoms with van der Waals surface area (Å²) in [6.45, 7) is 17.7. The molecule has 2 rings (SSSR count). The van der Waals surface area contributed by atoms with Gasteiger partial charge in [-0.05, 0) is 114 Å². The van der Waals surface area contributed by atoms with Gasteiger partial charge in [0.25, 0.3) is 5.91 Å². The van der Waals surface area contributed by atoms with Crippen molar-refractivity contribution in [3.8, 4) is 5.75 Å². The number of nitrogens with one attached hydrogen (secondary N) is 8. The highest BCUT2D eigenvalue weighted by molar-refractivity contribution is 5.99. The number of amides is 12. The maximum absolute atomic E-state index is 14.8. The second kappa shape index (κ2) is 43.0. The van der Waals surface area contributed by atoms with Gasteiger partial charge in [-0.1, -0.05) is 67.5 Å². The number of nitrogens with zero attached hydrogens (tertiary/aromatic N) is 4. The van der Waals surface area contributed by atoms with Crippen molar-refractivity contribution in [2.24, 2.45) is 79.9 Å². The molecule has 1 aromatic rings. The average molecular weight is 1490 g/mol. The van der Waals surface area contributed by atoms with Crippen LogP contribution in [0.3, 0.4) is 0 Å². The molecule has 38 heteroatoms. The molecular formula is C67H114N18O20. The number of primary amides is 2. The molecule has 1 aliphatic rings. The number of aliphatic hydroxyl groups excluding tert-OH is 5. The molecule has 0 saturated carbocycles. The van der Waals surface area contributed by atoms with E-state index in [2.05, 4.69) is 52.5 Å². The number of phenols is 1. The molecule has 0 unspecified atom stereocenters. The number of guanidine groups is 2. The van der Waals surface area contributed by atoms with Gasteiger partial charge in [0.15, 0.2) is 24.1 Å². The predicted octanol–water partition coefficient (Wildman–Crippen LogP) is -6.10. The Kier molecular flexibility index (Phi) is 37.5. The number of aliphatic hydroxyl groups is 5. The first-order chi connectivity index (χ1) is 48.7. The van der Waals surface area contributed by atoms with Crippen molar-refractivity contribution < 1.29 is 97.7 Å². The lowest BCUT2D eigenvalue weighted by Crippen LogP contribution is -2.64. The Bertz CT molecular complexity index is 3200. The molecular weight excluding hydrogens is 1380 g/mol. The van der Waals surface area contributed by atoms with Crippen LogP contribution >= 0.6 is 0 Å². The smallest absolute Gasteiger partial charge is 0.329 e. The van der Waals surface area contributed by atoms with E-state index in [4.69, 9.17) is 39.1 Å². The highest BCUT2D eigenvalue weighted by atomic mass is 16.5. The second-order valence-electron chi connectivity index (χ2n) is 27.8. The molecule has 38 nitrogen and oxygen atoms in total. The number of hydrogen-bond acceptors (Lipinski definition) is 22. The van der Waals surface area contributed by atoms with Crippen molar-refractivity contribution in [3.63, 3.8) is 0 Å². The van der Waals surface area contributed by atoms with E-state index in [9.17, 15) is 93.0 Å². The van der Waals surface area contributed by atoms with Crippen LogP contribution in [-0.2, 0) is 67.1 Å². The van der Waals surface area contributed by atoms with E-state index in [1.165, 1.54) is 73.0 Å². The van der Waals surface area contributed by atoms with Crippen molar-refractivity contribution in [2.45, 2.75) is 231 Å². The molecule has 1 heterocycles. The van der Waals surface area contributed by atoms with E-state index in [-0.39, 0.29) is 80.3 Å². The number of likely N-dealkylation sites (N-methyl/N-ethyl adjacent to an activating group) is 2. The summed E-state index contributed by atoms with van der Waals surface area (Å²) in [4.78, 5) is 190. The van der Waals surface area contributed by atoms with Gasteiger partial charge in [0.1, 0.15) is 66.2 Å². The van der Waals surface area contributed by atoms with Crippen molar-refractivity contribution >= 4 is 88.8 Å². The summed E-state index contributed by atoms with van der Waals surface area (Å²) < 4.78 is 5.72. The number of rotatable bonds is 43. The molecule has 0 aliphatic carbocycles. The Hall–Kier alpha value is -9.53. The molecule has 26 N–H and O–H groups in total. The van der Waals surface area contributed by atoms with Crippen LogP contribution in [0.2, 0.25) is 0 Å². The summed E-state index contributed by atoms with van der Waals surface area (Å²) in [6, 6.07) is -11.3. The van der Waals surface area contributed by atoms with Crippen LogP contribution in [0.5, 0.6) is 5.75 Å². The summed E-state index contributed by atoms with van der Waals surface area (Å²) in [7, 11) is 2.48. The third-order valence-electron chi connectivity index (χ3n) is 18.2. The standard InChI is InChI=1S/C67H114N18O20/c1-29(2)27-31(5)50(90)34(8)55(94)76-35(9)56(95)77-41(17-15-25-74-66(70)71)51(91)52(92)62(101)80-46(32(6)33(7)54(69)93)59(98)81-48(38(12)87)61(100)82-47(37(11)86)60(99)78-42(18-16-26-75-67(72)73)57(96)79-43(28-30(3)4)63(102)85(14)44(23-24-45(68)89)58(97)83-49-53(39-19-21-40(88)22-20-39)105-65(104)36(10)84(13)64(49)103/h19-22,29-38,41-44,46-53,86-88,90-92H,15-18,23-28H2,1-14H3,(H2,68,89)(H2,69,93)(H,76,94)(H,77,95)(H,78,99)(H,79,96)(H,80,101)(H,81,98)(H,82,100)(H,83,97)(H4,70,71,74)(H4,72,73,75)/t31-,32+,33-,34-,35-,36+,37-,38-,41+,42-,43+,44+,46+,47-,48-,49-,50-,51-,52-,53+/m1/s1. The molecule has 592 valence electrons. The maximum atomic E-state index is 14.8. The molecule has 1 aliphatic heterocycles. The largest absolute Gasteiger partial charge is 0.508 e. The van der Waals surface area contributed by atoms with E-state index in [0.29, 0.717) is 6.42 Å². The molecule has 20 atom stereocenters. The van der Waals surface area contributed by atoms with Gasteiger partial charge in [-0.2, -0.15) is 0 Å². The van der Waals surface area contributed by atoms with E-state index >= 15 is 0 Å². The lowest BCUT2D eigenvalue weighted by molar-refractivity contribution is -0.153. The molecule has 1 saturated heterocycles. The third-order valence-corrected chi connectivity index (χ3v) is 18.2. The molecule has 1 aromatic carbocycles. The quantitative estimate of drug-likeness (QED) is 0.0125. The third kappa shape index (κ3) is 28.8. The minimum absolute atomic E-state index is 0.0237. The Morgan fingerprint density at radius 3 is 1.56 bits per heavy atom. The zero-order valence-corrected chi connectivity index (χ0v) is 62.2. The fraction of sp³-hybridized carbons (Fsp3) is 0.687. The number of cyclic esters (lactones) is 1. The van der Waals surface area contributed by atoms with Gasteiger partial charge in [-0.25, -0.2) is 4.79 Å². The van der Waals surface area contributed by atoms with E-state index in [1.807, 2.05) is 13.8 Å². The number of benzene rings is 1. The van der Waals surface area contributed by atoms with Crippen molar-refractivity contribution in [3.05, 3.63) is 29.8 Å². The van der Waals surface area contributed by atoms with E-state index in [0.717, 1.165) is 23.6 Å². The number of phenolic OH excluding ortho intramolecular Hbond substituents is 1. The van der Waals surface area contributed by atoms with Crippen molar-refractivity contribution in [2.75, 3.05) is 27.2 Å². The van der Waals surface area contributed by atoms with E-state index < -0.39 is 210 Å². The Labute approximate surface area is 610 Å². The fourth-order valence-corrected chi connectivity index (χ4v) is 11.5. The minimum Gasteiger partial charge on any atom is -0.508 e. The predicted molar refractivity (Wildman–Crippen MR) is 381 cm³/mol. The summed E-state index contributed by atoms with van der Waals surface area (Å²) in [6.07, 6.45) is -12.0. The SMILES string of the molecule is CC(C)C[C@H](NC(=O)[C@@H](CCCN=C(N)N)NC(=O)[C@H](NC(=O)[C@H](NC(=O)[C@@H](NC(=O)[C@H](O)[C@H](O)[C@H](CCCN=C(N)N)NC(=O)[C@@H](C)NC(=O)[C@H](C)[C@H](O)[C@H](C)CC(C)C)[C@@H](C)[C@@H](C)C(N)=O)[C@@H](C)O)[C@@H](C)O)C(=O)N(C)[C@@H](CCC(N)=O)C(=O)N[C@H]1C(=O)N(C)[C@@H](C)C(=O)O[C@H]1c1ccc(O)cc1. The number of aliphatic imine (C=N–C) groups is 2. The lowest BCUT2D eigenvalue weighted by atomic mass is 9.87. The summed E-state index contributed by atoms with van der Waals surface area (Å²) >= 11 is 0. The van der Waals surface area contributed by atoms with Crippen LogP contribution in [0.15, 0.2) is 34.3 Å². The zero-order valence-electron chi connectivity index (χ0n) is 62.2. The van der Waals surface area contributed by atoms with Crippen LogP contribution in [-0.4, -0.2) is 247 Å². The first-order valence-electron chi connectivity index (χ1n) is 34.8. The minimum atomic E-state index is -2.50. The van der Waals surface area contributed by atoms with Gasteiger partial charge in [0.05, 0.1) is 30.3 Å². The molecule has 0 aromatic heterocycles. The maximum Gasteiger partial charge on any atom is 0.329 e. The monoisotopic (exact) mass is 1490 g/mol. The molecule has 105 heavy (non-hydrogen) atoms. The normalized spacial score (nSPS) is 19.4. The number of carbonyl (C=O) groups excluding carboxylic acids is 13. The van der Waals surface area contributed by atoms with Crippen LogP contribution in [0, 0.1) is 35.5 Å². The summed E-state index contributed by atoms with van der Waals surface area (Å²) in [5.41, 5.74) is 33.4. The van der Waals surface area contributed by atoms with Gasteiger partial charge in [0, 0.05) is 39.5 Å². The van der Waals surface area contributed by atoms with Gasteiger partial charge < -0.3 is 122 Å². The van der Waals surface area contributed by atoms with Gasteiger partial charge >= 0.3 is 5.97 Å². The first kappa shape index (κ1) is 91.6. The topological polar surface area (TPSA) is 636 Å². The molecule has 0 radical (unpaired) electrons. The number of carbonyl (C=O) groups is 13. The van der Waals surface area contributed by atoms with Crippen LogP contribution in [0.1, 0.15) is 146 Å². The number of aromatic hydroxyl groups is 1.